The molecule has 0 bridgehead atoms. The fourth-order valence-corrected chi connectivity index (χ4v) is 2.03. The van der Waals surface area contributed by atoms with E-state index in [0.29, 0.717) is 5.69 Å². The van der Waals surface area contributed by atoms with Crippen LogP contribution >= 0.6 is 0 Å². The number of rotatable bonds is 5. The van der Waals surface area contributed by atoms with Gasteiger partial charge in [0.2, 0.25) is 11.8 Å². The van der Waals surface area contributed by atoms with Gasteiger partial charge in [0.05, 0.1) is 5.69 Å². The summed E-state index contributed by atoms with van der Waals surface area (Å²) in [5.74, 6) is -1.60. The number of nitrogens with one attached hydrogen (secondary N) is 1. The lowest BCUT2D eigenvalue weighted by molar-refractivity contribution is -0.119. The normalized spacial score (nSPS) is 17.7. The lowest BCUT2D eigenvalue weighted by Gasteiger charge is -2.13. The average molecular weight is 290 g/mol. The van der Waals surface area contributed by atoms with Crippen molar-refractivity contribution in [3.8, 4) is 0 Å². The Hall–Kier alpha value is -2.90. The number of nitrogens with zero attached hydrogens (tertiary/aromatic N) is 1. The first-order valence-electron chi connectivity index (χ1n) is 6.23. The van der Waals surface area contributed by atoms with Crippen LogP contribution in [0.3, 0.4) is 0 Å². The molecular formula is C13H14N4O4. The van der Waals surface area contributed by atoms with Gasteiger partial charge in [-0.25, -0.2) is 9.69 Å². The van der Waals surface area contributed by atoms with E-state index in [1.165, 1.54) is 24.3 Å². The van der Waals surface area contributed by atoms with Crippen molar-refractivity contribution in [3.63, 3.8) is 0 Å². The molecule has 1 aliphatic heterocycles. The van der Waals surface area contributed by atoms with Gasteiger partial charge in [-0.1, -0.05) is 0 Å². The minimum absolute atomic E-state index is 0.00510. The highest BCUT2D eigenvalue weighted by Gasteiger charge is 2.38. The van der Waals surface area contributed by atoms with E-state index in [1.807, 2.05) is 0 Å². The molecule has 1 aromatic rings. The molecule has 21 heavy (non-hydrogen) atoms. The van der Waals surface area contributed by atoms with E-state index in [0.717, 1.165) is 4.90 Å². The van der Waals surface area contributed by atoms with Crippen LogP contribution < -0.4 is 21.7 Å². The highest BCUT2D eigenvalue weighted by molar-refractivity contribution is 6.21. The third kappa shape index (κ3) is 2.99. The van der Waals surface area contributed by atoms with E-state index in [1.54, 1.807) is 0 Å². The molecule has 0 aromatic heterocycles. The van der Waals surface area contributed by atoms with Crippen molar-refractivity contribution in [1.82, 2.24) is 5.32 Å². The number of hydrogen-bond acceptors (Lipinski definition) is 4. The number of primary amides is 2. The summed E-state index contributed by atoms with van der Waals surface area (Å²) < 4.78 is 0. The number of urea groups is 1. The van der Waals surface area contributed by atoms with Crippen LogP contribution in [0.4, 0.5) is 10.5 Å². The fraction of sp³-hybridized carbons (Fsp3) is 0.231. The number of carbonyl (C=O) groups excluding carboxylic acids is 4. The first-order valence-corrected chi connectivity index (χ1v) is 6.23. The lowest BCUT2D eigenvalue weighted by Crippen LogP contribution is -2.32. The van der Waals surface area contributed by atoms with E-state index < -0.39 is 29.8 Å². The van der Waals surface area contributed by atoms with E-state index >= 15 is 0 Å². The van der Waals surface area contributed by atoms with E-state index in [9.17, 15) is 19.2 Å². The molecule has 5 amide bonds. The van der Waals surface area contributed by atoms with Gasteiger partial charge in [0.25, 0.3) is 5.91 Å². The smallest absolute Gasteiger partial charge is 0.329 e. The molecular weight excluding hydrogens is 276 g/mol. The number of nitrogens with two attached hydrogens (primary N) is 2. The summed E-state index contributed by atoms with van der Waals surface area (Å²) in [5.41, 5.74) is 10.7. The van der Waals surface area contributed by atoms with Crippen LogP contribution in [0.2, 0.25) is 0 Å². The molecule has 0 spiro atoms. The average Bonchev–Trinajstić information content (AvgIpc) is 2.71. The Morgan fingerprint density at radius 2 is 1.76 bits per heavy atom. The molecule has 1 fully saturated rings. The van der Waals surface area contributed by atoms with Gasteiger partial charge < -0.3 is 16.8 Å². The topological polar surface area (TPSA) is 136 Å². The van der Waals surface area contributed by atoms with Crippen molar-refractivity contribution in [2.45, 2.75) is 18.9 Å². The molecule has 1 aromatic carbocycles. The van der Waals surface area contributed by atoms with Gasteiger partial charge in [0.15, 0.2) is 0 Å². The van der Waals surface area contributed by atoms with Crippen LogP contribution in [0.25, 0.3) is 0 Å². The molecule has 2 rings (SSSR count). The van der Waals surface area contributed by atoms with E-state index in [4.69, 9.17) is 11.5 Å². The summed E-state index contributed by atoms with van der Waals surface area (Å²) >= 11 is 0. The quantitative estimate of drug-likeness (QED) is 0.628. The zero-order valence-corrected chi connectivity index (χ0v) is 11.0. The Bertz CT molecular complexity index is 611. The summed E-state index contributed by atoms with van der Waals surface area (Å²) in [5, 5.41) is 2.48. The molecule has 1 atom stereocenters. The molecule has 0 radical (unpaired) electrons. The third-order valence-electron chi connectivity index (χ3n) is 3.11. The second-order valence-electron chi connectivity index (χ2n) is 4.59. The summed E-state index contributed by atoms with van der Waals surface area (Å²) in [6.07, 6.45) is 0.154. The first-order chi connectivity index (χ1) is 9.90. The Balaban J connectivity index is 2.16. The van der Waals surface area contributed by atoms with Crippen molar-refractivity contribution in [1.29, 1.82) is 0 Å². The number of amides is 5. The lowest BCUT2D eigenvalue weighted by atomic mass is 10.1. The molecule has 8 nitrogen and oxygen atoms in total. The minimum Gasteiger partial charge on any atom is -0.370 e. The van der Waals surface area contributed by atoms with Crippen LogP contribution in [0.15, 0.2) is 24.3 Å². The Morgan fingerprint density at radius 1 is 1.14 bits per heavy atom. The molecule has 0 saturated carbocycles. The summed E-state index contributed by atoms with van der Waals surface area (Å²) in [4.78, 5) is 46.7. The molecule has 5 N–H and O–H groups in total. The largest absolute Gasteiger partial charge is 0.370 e. The van der Waals surface area contributed by atoms with E-state index in [-0.39, 0.29) is 18.4 Å². The Labute approximate surface area is 120 Å². The zero-order chi connectivity index (χ0) is 15.6. The molecule has 1 saturated heterocycles. The van der Waals surface area contributed by atoms with Crippen LogP contribution in [0.1, 0.15) is 23.2 Å². The van der Waals surface area contributed by atoms with Gasteiger partial charge in [0, 0.05) is 12.0 Å². The number of imide groups is 1. The van der Waals surface area contributed by atoms with Crippen molar-refractivity contribution >= 4 is 29.4 Å². The Kier molecular flexibility index (Phi) is 3.88. The van der Waals surface area contributed by atoms with Crippen molar-refractivity contribution in [2.24, 2.45) is 11.5 Å². The first kappa shape index (κ1) is 14.5. The van der Waals surface area contributed by atoms with Gasteiger partial charge in [-0.3, -0.25) is 14.4 Å². The fourth-order valence-electron chi connectivity index (χ4n) is 2.03. The maximum absolute atomic E-state index is 12.1. The maximum Gasteiger partial charge on any atom is 0.329 e. The molecule has 0 aliphatic carbocycles. The number of carbonyl (C=O) groups is 4. The van der Waals surface area contributed by atoms with Gasteiger partial charge in [0.1, 0.15) is 6.04 Å². The second kappa shape index (κ2) is 5.61. The Morgan fingerprint density at radius 3 is 2.29 bits per heavy atom. The monoisotopic (exact) mass is 290 g/mol. The summed E-state index contributed by atoms with van der Waals surface area (Å²) in [6.45, 7) is 0. The third-order valence-corrected chi connectivity index (χ3v) is 3.11. The van der Waals surface area contributed by atoms with Gasteiger partial charge in [-0.2, -0.15) is 0 Å². The number of anilines is 1. The predicted molar refractivity (Wildman–Crippen MR) is 73.2 cm³/mol. The van der Waals surface area contributed by atoms with Crippen molar-refractivity contribution in [2.75, 3.05) is 4.90 Å². The molecule has 8 heteroatoms. The molecule has 1 heterocycles. The van der Waals surface area contributed by atoms with Gasteiger partial charge >= 0.3 is 6.03 Å². The molecule has 1 unspecified atom stereocenters. The number of hydrogen-bond donors (Lipinski definition) is 3. The van der Waals surface area contributed by atoms with Crippen LogP contribution in [0.5, 0.6) is 0 Å². The number of benzene rings is 1. The maximum atomic E-state index is 12.1. The standard InChI is InChI=1S/C13H14N4O4/c14-10(18)6-5-9-12(20)17(13(21)16-9)8-3-1-7(2-4-8)11(15)19/h1-4,9H,5-6H2,(H2,14,18)(H2,15,19)(H,16,21). The van der Waals surface area contributed by atoms with Crippen molar-refractivity contribution < 1.29 is 19.2 Å². The second-order valence-corrected chi connectivity index (χ2v) is 4.59. The molecule has 1 aliphatic rings. The predicted octanol–water partition coefficient (Wildman–Crippen LogP) is -0.524. The minimum atomic E-state index is -0.777. The zero-order valence-electron chi connectivity index (χ0n) is 11.0. The highest BCUT2D eigenvalue weighted by Crippen LogP contribution is 2.21. The van der Waals surface area contributed by atoms with Crippen LogP contribution in [-0.2, 0) is 9.59 Å². The summed E-state index contributed by atoms with van der Waals surface area (Å²) in [6, 6.07) is 4.40. The van der Waals surface area contributed by atoms with E-state index in [2.05, 4.69) is 5.32 Å². The van der Waals surface area contributed by atoms with Crippen molar-refractivity contribution in [3.05, 3.63) is 29.8 Å². The van der Waals surface area contributed by atoms with Gasteiger partial charge in [-0.05, 0) is 30.7 Å². The SMILES string of the molecule is NC(=O)CCC1NC(=O)N(c2ccc(C(N)=O)cc2)C1=O. The highest BCUT2D eigenvalue weighted by atomic mass is 16.2. The molecule has 110 valence electrons. The summed E-state index contributed by atoms with van der Waals surface area (Å²) in [7, 11) is 0. The van der Waals surface area contributed by atoms with Crippen LogP contribution in [0, 0.1) is 0 Å². The van der Waals surface area contributed by atoms with Gasteiger partial charge in [-0.15, -0.1) is 0 Å². The van der Waals surface area contributed by atoms with Crippen LogP contribution in [-0.4, -0.2) is 29.8 Å².